The van der Waals surface area contributed by atoms with Crippen LogP contribution in [0.3, 0.4) is 0 Å². The molecule has 30 heavy (non-hydrogen) atoms. The molecule has 0 saturated heterocycles. The Labute approximate surface area is 181 Å². The van der Waals surface area contributed by atoms with Gasteiger partial charge in [0.1, 0.15) is 11.1 Å². The van der Waals surface area contributed by atoms with Crippen LogP contribution in [0.2, 0.25) is 0 Å². The normalized spacial score (nSPS) is 11.8. The van der Waals surface area contributed by atoms with Crippen LogP contribution in [-0.4, -0.2) is 33.7 Å². The van der Waals surface area contributed by atoms with Crippen molar-refractivity contribution in [3.63, 3.8) is 0 Å². The largest absolute Gasteiger partial charge is 0.478 e. The van der Waals surface area contributed by atoms with Crippen LogP contribution < -0.4 is 0 Å². The lowest BCUT2D eigenvalue weighted by Crippen LogP contribution is -2.23. The van der Waals surface area contributed by atoms with Crippen molar-refractivity contribution in [3.8, 4) is 0 Å². The second-order valence-corrected chi connectivity index (χ2v) is 7.95. The zero-order valence-electron chi connectivity index (χ0n) is 18.8. The Morgan fingerprint density at radius 2 is 0.733 bits per heavy atom. The van der Waals surface area contributed by atoms with Gasteiger partial charge in [0.2, 0.25) is 0 Å². The summed E-state index contributed by atoms with van der Waals surface area (Å²) in [4.78, 5) is 47.9. The van der Waals surface area contributed by atoms with Gasteiger partial charge in [-0.1, -0.05) is 90.9 Å². The molecule has 0 aromatic carbocycles. The Kier molecular flexibility index (Phi) is 16.7. The molecular formula is C24H40O6. The average molecular weight is 425 g/mol. The highest BCUT2D eigenvalue weighted by atomic mass is 16.4. The van der Waals surface area contributed by atoms with Gasteiger partial charge in [-0.05, 0) is 12.8 Å². The first-order chi connectivity index (χ1) is 14.4. The number of unbranched alkanes of at least 4 members (excludes halogenated alkanes) is 12. The third-order valence-electron chi connectivity index (χ3n) is 5.25. The first-order valence-corrected chi connectivity index (χ1v) is 11.6. The van der Waals surface area contributed by atoms with E-state index < -0.39 is 34.7 Å². The molecule has 0 amide bonds. The summed E-state index contributed by atoms with van der Waals surface area (Å²) in [6.45, 7) is 4.26. The van der Waals surface area contributed by atoms with E-state index in [-0.39, 0.29) is 12.8 Å². The van der Waals surface area contributed by atoms with Crippen molar-refractivity contribution in [3.05, 3.63) is 11.1 Å². The number of carboxylic acid groups (broad SMARTS) is 2. The second-order valence-electron chi connectivity index (χ2n) is 7.95. The van der Waals surface area contributed by atoms with E-state index in [2.05, 4.69) is 13.8 Å². The van der Waals surface area contributed by atoms with E-state index >= 15 is 0 Å². The minimum atomic E-state index is -1.63. The fourth-order valence-electron chi connectivity index (χ4n) is 3.47. The summed E-state index contributed by atoms with van der Waals surface area (Å²) in [6.07, 6.45) is 13.5. The summed E-state index contributed by atoms with van der Waals surface area (Å²) in [6, 6.07) is 0. The quantitative estimate of drug-likeness (QED) is 0.109. The van der Waals surface area contributed by atoms with E-state index in [0.29, 0.717) is 12.8 Å². The Morgan fingerprint density at radius 3 is 1.00 bits per heavy atom. The van der Waals surface area contributed by atoms with Gasteiger partial charge in [0.25, 0.3) is 0 Å². The molecule has 0 radical (unpaired) electrons. The maximum Gasteiger partial charge on any atom is 0.340 e. The van der Waals surface area contributed by atoms with Crippen LogP contribution in [0.15, 0.2) is 11.1 Å². The Morgan fingerprint density at radius 1 is 0.467 bits per heavy atom. The highest BCUT2D eigenvalue weighted by molar-refractivity contribution is 6.30. The SMILES string of the molecule is CCCCCCCCCC(=O)C(C(=O)O)=C(C(=O)O)C(=O)CCCCCCCCC. The van der Waals surface area contributed by atoms with Gasteiger partial charge in [-0.3, -0.25) is 9.59 Å². The van der Waals surface area contributed by atoms with Gasteiger partial charge in [-0.2, -0.15) is 0 Å². The summed E-state index contributed by atoms with van der Waals surface area (Å²) in [5.74, 6) is -4.79. The van der Waals surface area contributed by atoms with Gasteiger partial charge in [0.15, 0.2) is 11.6 Å². The number of ketones is 2. The lowest BCUT2D eigenvalue weighted by molar-refractivity contribution is -0.139. The van der Waals surface area contributed by atoms with E-state index in [0.717, 1.165) is 64.2 Å². The van der Waals surface area contributed by atoms with E-state index in [1.54, 1.807) is 0 Å². The van der Waals surface area contributed by atoms with E-state index in [1.165, 1.54) is 12.8 Å². The molecule has 0 aliphatic rings. The molecule has 0 aliphatic carbocycles. The molecule has 0 fully saturated rings. The first kappa shape index (κ1) is 28.0. The molecule has 0 spiro atoms. The lowest BCUT2D eigenvalue weighted by Gasteiger charge is -2.08. The Hall–Kier alpha value is -1.98. The van der Waals surface area contributed by atoms with E-state index in [1.807, 2.05) is 0 Å². The van der Waals surface area contributed by atoms with Crippen molar-refractivity contribution >= 4 is 23.5 Å². The number of rotatable bonds is 20. The van der Waals surface area contributed by atoms with Crippen LogP contribution in [-0.2, 0) is 19.2 Å². The number of hydrogen-bond acceptors (Lipinski definition) is 4. The molecule has 172 valence electrons. The van der Waals surface area contributed by atoms with E-state index in [4.69, 9.17) is 0 Å². The molecular weight excluding hydrogens is 384 g/mol. The highest BCUT2D eigenvalue weighted by Crippen LogP contribution is 2.17. The van der Waals surface area contributed by atoms with Crippen LogP contribution in [0, 0.1) is 0 Å². The monoisotopic (exact) mass is 424 g/mol. The standard InChI is InChI=1S/C24H40O6/c1-3-5-7-9-11-13-15-17-19(25)21(23(27)28)22(24(29)30)20(26)18-16-14-12-10-8-6-4-2/h3-18H2,1-2H3,(H,27,28)(H,29,30). The number of carboxylic acids is 2. The third kappa shape index (κ3) is 12.6. The maximum absolute atomic E-state index is 12.4. The maximum atomic E-state index is 12.4. The predicted molar refractivity (Wildman–Crippen MR) is 118 cm³/mol. The van der Waals surface area contributed by atoms with Crippen molar-refractivity contribution in [2.24, 2.45) is 0 Å². The van der Waals surface area contributed by atoms with E-state index in [9.17, 15) is 29.4 Å². The molecule has 0 saturated carbocycles. The predicted octanol–water partition coefficient (Wildman–Crippen LogP) is 5.87. The van der Waals surface area contributed by atoms with Gasteiger partial charge < -0.3 is 10.2 Å². The van der Waals surface area contributed by atoms with Crippen molar-refractivity contribution in [1.29, 1.82) is 0 Å². The molecule has 6 heteroatoms. The summed E-state index contributed by atoms with van der Waals surface area (Å²) in [5, 5.41) is 18.8. The third-order valence-corrected chi connectivity index (χ3v) is 5.25. The molecule has 2 N–H and O–H groups in total. The fraction of sp³-hybridized carbons (Fsp3) is 0.750. The minimum absolute atomic E-state index is 0.0447. The highest BCUT2D eigenvalue weighted by Gasteiger charge is 2.30. The number of carbonyl (C=O) groups excluding carboxylic acids is 2. The molecule has 0 aromatic rings. The second kappa shape index (κ2) is 17.8. The van der Waals surface area contributed by atoms with Crippen LogP contribution in [0.4, 0.5) is 0 Å². The summed E-state index contributed by atoms with van der Waals surface area (Å²) >= 11 is 0. The molecule has 0 aromatic heterocycles. The molecule has 0 aliphatic heterocycles. The average Bonchev–Trinajstić information content (AvgIpc) is 2.69. The summed E-state index contributed by atoms with van der Waals surface area (Å²) in [5.41, 5.74) is -1.72. The van der Waals surface area contributed by atoms with Crippen LogP contribution in [0.25, 0.3) is 0 Å². The van der Waals surface area contributed by atoms with Crippen molar-refractivity contribution in [2.45, 2.75) is 117 Å². The number of carbonyl (C=O) groups is 4. The smallest absolute Gasteiger partial charge is 0.340 e. The molecule has 0 bridgehead atoms. The van der Waals surface area contributed by atoms with Crippen LogP contribution in [0.1, 0.15) is 117 Å². The molecule has 6 nitrogen and oxygen atoms in total. The van der Waals surface area contributed by atoms with Gasteiger partial charge in [0, 0.05) is 12.8 Å². The van der Waals surface area contributed by atoms with Crippen molar-refractivity contribution in [2.75, 3.05) is 0 Å². The Bertz CT molecular complexity index is 526. The zero-order valence-corrected chi connectivity index (χ0v) is 18.8. The van der Waals surface area contributed by atoms with Crippen molar-refractivity contribution in [1.82, 2.24) is 0 Å². The number of Topliss-reactive ketones (excluding diaryl/α,β-unsaturated/α-hetero) is 2. The zero-order chi connectivity index (χ0) is 22.8. The molecule has 0 unspecified atom stereocenters. The van der Waals surface area contributed by atoms with Gasteiger partial charge in [-0.25, -0.2) is 9.59 Å². The van der Waals surface area contributed by atoms with Crippen LogP contribution in [0.5, 0.6) is 0 Å². The topological polar surface area (TPSA) is 109 Å². The first-order valence-electron chi connectivity index (χ1n) is 11.6. The minimum Gasteiger partial charge on any atom is -0.478 e. The van der Waals surface area contributed by atoms with Crippen molar-refractivity contribution < 1.29 is 29.4 Å². The molecule has 0 atom stereocenters. The fourth-order valence-corrected chi connectivity index (χ4v) is 3.47. The lowest BCUT2D eigenvalue weighted by atomic mass is 9.94. The number of aliphatic carboxylic acids is 2. The Balaban J connectivity index is 4.77. The van der Waals surface area contributed by atoms with Gasteiger partial charge in [0.05, 0.1) is 0 Å². The molecule has 0 heterocycles. The van der Waals surface area contributed by atoms with Crippen LogP contribution >= 0.6 is 0 Å². The van der Waals surface area contributed by atoms with Gasteiger partial charge in [-0.15, -0.1) is 0 Å². The molecule has 0 rings (SSSR count). The number of hydrogen-bond donors (Lipinski definition) is 2. The van der Waals surface area contributed by atoms with Gasteiger partial charge >= 0.3 is 11.9 Å². The summed E-state index contributed by atoms with van der Waals surface area (Å²) < 4.78 is 0. The summed E-state index contributed by atoms with van der Waals surface area (Å²) in [7, 11) is 0.